The Hall–Kier alpha value is -0.0500. The van der Waals surface area contributed by atoms with Gasteiger partial charge in [0.25, 0.3) is 0 Å². The van der Waals surface area contributed by atoms with Gasteiger partial charge in [-0.15, -0.1) is 11.3 Å². The Morgan fingerprint density at radius 3 is 2.63 bits per heavy atom. The molecule has 1 unspecified atom stereocenters. The summed E-state index contributed by atoms with van der Waals surface area (Å²) >= 11 is 8.10. The lowest BCUT2D eigenvalue weighted by Crippen LogP contribution is -2.28. The van der Waals surface area contributed by atoms with Gasteiger partial charge < -0.3 is 5.32 Å². The van der Waals surface area contributed by atoms with Crippen molar-refractivity contribution < 1.29 is 0 Å². The number of nitrogens with one attached hydrogen (secondary N) is 1. The predicted molar refractivity (Wildman–Crippen MR) is 86.1 cm³/mol. The second-order valence-corrected chi connectivity index (χ2v) is 7.18. The van der Waals surface area contributed by atoms with Crippen molar-refractivity contribution in [2.75, 3.05) is 7.05 Å². The first-order chi connectivity index (χ1) is 9.26. The van der Waals surface area contributed by atoms with Crippen LogP contribution < -0.4 is 5.32 Å². The van der Waals surface area contributed by atoms with Gasteiger partial charge in [-0.1, -0.05) is 50.6 Å². The van der Waals surface area contributed by atoms with Gasteiger partial charge in [-0.2, -0.15) is 0 Å². The van der Waals surface area contributed by atoms with Crippen molar-refractivity contribution in [1.82, 2.24) is 5.32 Å². The van der Waals surface area contributed by atoms with E-state index in [0.29, 0.717) is 6.04 Å². The van der Waals surface area contributed by atoms with E-state index in [2.05, 4.69) is 24.7 Å². The molecule has 0 saturated heterocycles. The van der Waals surface area contributed by atoms with Crippen LogP contribution in [0.2, 0.25) is 5.02 Å². The minimum atomic E-state index is 0.458. The van der Waals surface area contributed by atoms with Gasteiger partial charge in [-0.05, 0) is 43.2 Å². The zero-order valence-electron chi connectivity index (χ0n) is 12.1. The Bertz CT molecular complexity index is 369. The van der Waals surface area contributed by atoms with Crippen LogP contribution >= 0.6 is 22.9 Å². The molecule has 1 aromatic heterocycles. The molecule has 3 heteroatoms. The average Bonchev–Trinajstić information content (AvgIpc) is 2.85. The lowest BCUT2D eigenvalue weighted by Gasteiger charge is -2.33. The van der Waals surface area contributed by atoms with Gasteiger partial charge in [0.1, 0.15) is 0 Å². The number of thiophene rings is 1. The summed E-state index contributed by atoms with van der Waals surface area (Å²) in [6, 6.07) is 2.48. The molecule has 1 aliphatic carbocycles. The number of hydrogen-bond acceptors (Lipinski definition) is 2. The second-order valence-electron chi connectivity index (χ2n) is 5.82. The van der Waals surface area contributed by atoms with E-state index in [1.54, 1.807) is 11.3 Å². The van der Waals surface area contributed by atoms with Crippen LogP contribution in [0.3, 0.4) is 0 Å². The Morgan fingerprint density at radius 1 is 1.37 bits per heavy atom. The van der Waals surface area contributed by atoms with E-state index >= 15 is 0 Å². The summed E-state index contributed by atoms with van der Waals surface area (Å²) in [6.07, 6.45) is 9.71. The fourth-order valence-corrected chi connectivity index (χ4v) is 4.79. The normalized spacial score (nSPS) is 25.4. The summed E-state index contributed by atoms with van der Waals surface area (Å²) in [5.74, 6) is 1.74. The first kappa shape index (κ1) is 15.3. The summed E-state index contributed by atoms with van der Waals surface area (Å²) in [6.45, 7) is 2.29. The van der Waals surface area contributed by atoms with Crippen LogP contribution in [-0.2, 0) is 0 Å². The molecule has 0 aromatic carbocycles. The molecule has 0 amide bonds. The molecular weight excluding hydrogens is 274 g/mol. The SMILES string of the molecule is CCCCC1CCC(C(NC)c2sccc2Cl)CC1. The fourth-order valence-electron chi connectivity index (χ4n) is 3.41. The molecule has 1 nitrogen and oxygen atoms in total. The highest BCUT2D eigenvalue weighted by Gasteiger charge is 2.29. The highest BCUT2D eigenvalue weighted by Crippen LogP contribution is 2.41. The molecule has 0 aliphatic heterocycles. The van der Waals surface area contributed by atoms with Crippen molar-refractivity contribution in [3.8, 4) is 0 Å². The molecule has 1 aromatic rings. The Balaban J connectivity index is 1.90. The van der Waals surface area contributed by atoms with Crippen molar-refractivity contribution >= 4 is 22.9 Å². The lowest BCUT2D eigenvalue weighted by atomic mass is 9.76. The van der Waals surface area contributed by atoms with Crippen molar-refractivity contribution in [3.05, 3.63) is 21.3 Å². The summed E-state index contributed by atoms with van der Waals surface area (Å²) in [5.41, 5.74) is 0. The van der Waals surface area contributed by atoms with Crippen molar-refractivity contribution in [2.45, 2.75) is 57.9 Å². The van der Waals surface area contributed by atoms with Gasteiger partial charge in [0.05, 0.1) is 5.02 Å². The molecule has 0 spiro atoms. The zero-order chi connectivity index (χ0) is 13.7. The van der Waals surface area contributed by atoms with Crippen LogP contribution in [0.15, 0.2) is 11.4 Å². The van der Waals surface area contributed by atoms with E-state index in [4.69, 9.17) is 11.6 Å². The minimum Gasteiger partial charge on any atom is -0.312 e. The van der Waals surface area contributed by atoms with Crippen molar-refractivity contribution in [2.24, 2.45) is 11.8 Å². The van der Waals surface area contributed by atoms with Crippen LogP contribution in [0.5, 0.6) is 0 Å². The van der Waals surface area contributed by atoms with Crippen LogP contribution in [0.25, 0.3) is 0 Å². The Kier molecular flexibility index (Phi) is 6.18. The highest BCUT2D eigenvalue weighted by atomic mass is 35.5. The minimum absolute atomic E-state index is 0.458. The fraction of sp³-hybridized carbons (Fsp3) is 0.750. The third-order valence-corrected chi connectivity index (χ3v) is 6.01. The van der Waals surface area contributed by atoms with Crippen LogP contribution in [-0.4, -0.2) is 7.05 Å². The van der Waals surface area contributed by atoms with Gasteiger partial charge in [-0.3, -0.25) is 0 Å². The van der Waals surface area contributed by atoms with Gasteiger partial charge in [-0.25, -0.2) is 0 Å². The van der Waals surface area contributed by atoms with Crippen LogP contribution in [0.1, 0.15) is 62.8 Å². The molecule has 0 radical (unpaired) electrons. The van der Waals surface area contributed by atoms with Gasteiger partial charge in [0.15, 0.2) is 0 Å². The number of unbranched alkanes of at least 4 members (excludes halogenated alkanes) is 1. The molecular formula is C16H26ClNS. The molecule has 0 bridgehead atoms. The molecule has 1 atom stereocenters. The smallest absolute Gasteiger partial charge is 0.0561 e. The van der Waals surface area contributed by atoms with Gasteiger partial charge in [0, 0.05) is 10.9 Å². The van der Waals surface area contributed by atoms with E-state index in [1.165, 1.54) is 49.8 Å². The van der Waals surface area contributed by atoms with Crippen LogP contribution in [0.4, 0.5) is 0 Å². The van der Waals surface area contributed by atoms with E-state index in [9.17, 15) is 0 Å². The Labute approximate surface area is 126 Å². The third kappa shape index (κ3) is 3.96. The third-order valence-electron chi connectivity index (χ3n) is 4.57. The molecule has 1 heterocycles. The quantitative estimate of drug-likeness (QED) is 0.715. The maximum atomic E-state index is 6.30. The summed E-state index contributed by atoms with van der Waals surface area (Å²) < 4.78 is 0. The van der Waals surface area contributed by atoms with E-state index in [-0.39, 0.29) is 0 Å². The average molecular weight is 300 g/mol. The monoisotopic (exact) mass is 299 g/mol. The largest absolute Gasteiger partial charge is 0.312 e. The lowest BCUT2D eigenvalue weighted by molar-refractivity contribution is 0.219. The zero-order valence-corrected chi connectivity index (χ0v) is 13.7. The standard InChI is InChI=1S/C16H26ClNS/c1-3-4-5-12-6-8-13(9-7-12)15(18-2)16-14(17)10-11-19-16/h10-13,15,18H,3-9H2,1-2H3. The molecule has 1 N–H and O–H groups in total. The van der Waals surface area contributed by atoms with E-state index < -0.39 is 0 Å². The van der Waals surface area contributed by atoms with E-state index in [0.717, 1.165) is 16.9 Å². The van der Waals surface area contributed by atoms with E-state index in [1.807, 2.05) is 6.07 Å². The summed E-state index contributed by atoms with van der Waals surface area (Å²) in [7, 11) is 2.07. The van der Waals surface area contributed by atoms with Crippen molar-refractivity contribution in [1.29, 1.82) is 0 Å². The number of rotatable bonds is 6. The summed E-state index contributed by atoms with van der Waals surface area (Å²) in [5, 5.41) is 6.55. The molecule has 1 fully saturated rings. The molecule has 1 saturated carbocycles. The van der Waals surface area contributed by atoms with Gasteiger partial charge >= 0.3 is 0 Å². The number of halogens is 1. The van der Waals surface area contributed by atoms with Crippen molar-refractivity contribution in [3.63, 3.8) is 0 Å². The summed E-state index contributed by atoms with van der Waals surface area (Å²) in [4.78, 5) is 1.33. The van der Waals surface area contributed by atoms with Gasteiger partial charge in [0.2, 0.25) is 0 Å². The second kappa shape index (κ2) is 7.66. The molecule has 2 rings (SSSR count). The molecule has 108 valence electrons. The maximum Gasteiger partial charge on any atom is 0.0561 e. The number of hydrogen-bond donors (Lipinski definition) is 1. The first-order valence-electron chi connectivity index (χ1n) is 7.66. The molecule has 19 heavy (non-hydrogen) atoms. The predicted octanol–water partition coefficient (Wildman–Crippen LogP) is 5.66. The molecule has 1 aliphatic rings. The maximum absolute atomic E-state index is 6.30. The van der Waals surface area contributed by atoms with Crippen LogP contribution in [0, 0.1) is 11.8 Å². The highest BCUT2D eigenvalue weighted by molar-refractivity contribution is 7.10. The Morgan fingerprint density at radius 2 is 2.11 bits per heavy atom. The topological polar surface area (TPSA) is 12.0 Å². The first-order valence-corrected chi connectivity index (χ1v) is 8.92.